The monoisotopic (exact) mass is 416 g/mol. The molecule has 5 rings (SSSR count). The summed E-state index contributed by atoms with van der Waals surface area (Å²) in [7, 11) is 0. The Morgan fingerprint density at radius 2 is 1.62 bits per heavy atom. The van der Waals surface area contributed by atoms with E-state index in [9.17, 15) is 4.79 Å². The van der Waals surface area contributed by atoms with Gasteiger partial charge >= 0.3 is 0 Å². The second-order valence-corrected chi connectivity index (χ2v) is 7.82. The first-order valence-corrected chi connectivity index (χ1v) is 10.4. The standard InChI is InChI=1S/C28H20N2O2/c1-18(20-9-11-21(12-10-20)22-6-4-5-19(15-22)17-29)30-28(31)23-13-14-25-24-7-2-3-8-26(24)32-27(25)16-23/h2-16,18H,1H3,(H,30,31). The van der Waals surface area contributed by atoms with Crippen LogP contribution in [0.1, 0.15) is 34.5 Å². The van der Waals surface area contributed by atoms with Crippen molar-refractivity contribution in [3.8, 4) is 17.2 Å². The summed E-state index contributed by atoms with van der Waals surface area (Å²) in [6.45, 7) is 1.96. The maximum absolute atomic E-state index is 12.9. The molecule has 0 bridgehead atoms. The molecular weight excluding hydrogens is 396 g/mol. The van der Waals surface area contributed by atoms with Crippen molar-refractivity contribution in [3.63, 3.8) is 0 Å². The van der Waals surface area contributed by atoms with E-state index in [-0.39, 0.29) is 11.9 Å². The lowest BCUT2D eigenvalue weighted by Gasteiger charge is -2.15. The topological polar surface area (TPSA) is 66.0 Å². The van der Waals surface area contributed by atoms with Crippen LogP contribution in [0.3, 0.4) is 0 Å². The molecule has 0 saturated heterocycles. The van der Waals surface area contributed by atoms with Crippen LogP contribution in [0.4, 0.5) is 0 Å². The van der Waals surface area contributed by atoms with Crippen molar-refractivity contribution in [3.05, 3.63) is 108 Å². The Balaban J connectivity index is 1.34. The highest BCUT2D eigenvalue weighted by molar-refractivity contribution is 6.07. The van der Waals surface area contributed by atoms with Gasteiger partial charge in [0.25, 0.3) is 5.91 Å². The Bertz CT molecular complexity index is 1490. The fraction of sp³-hybridized carbons (Fsp3) is 0.0714. The van der Waals surface area contributed by atoms with Crippen LogP contribution >= 0.6 is 0 Å². The Morgan fingerprint density at radius 3 is 2.44 bits per heavy atom. The van der Waals surface area contributed by atoms with E-state index in [2.05, 4.69) is 11.4 Å². The Kier molecular flexibility index (Phi) is 4.93. The maximum atomic E-state index is 12.9. The molecule has 4 aromatic carbocycles. The number of hydrogen-bond acceptors (Lipinski definition) is 3. The number of benzene rings is 4. The van der Waals surface area contributed by atoms with Crippen molar-refractivity contribution in [2.45, 2.75) is 13.0 Å². The minimum absolute atomic E-state index is 0.148. The van der Waals surface area contributed by atoms with Crippen LogP contribution in [0.5, 0.6) is 0 Å². The summed E-state index contributed by atoms with van der Waals surface area (Å²) in [6, 6.07) is 31.0. The normalized spacial score (nSPS) is 11.9. The molecule has 1 amide bonds. The van der Waals surface area contributed by atoms with Gasteiger partial charge in [-0.2, -0.15) is 5.26 Å². The Hall–Kier alpha value is -4.36. The van der Waals surface area contributed by atoms with E-state index in [1.165, 1.54) is 0 Å². The maximum Gasteiger partial charge on any atom is 0.251 e. The molecular formula is C28H20N2O2. The molecule has 1 atom stereocenters. The third-order valence-electron chi connectivity index (χ3n) is 5.72. The van der Waals surface area contributed by atoms with E-state index in [4.69, 9.17) is 9.68 Å². The molecule has 0 aliphatic rings. The van der Waals surface area contributed by atoms with Gasteiger partial charge in [-0.1, -0.05) is 54.6 Å². The van der Waals surface area contributed by atoms with Gasteiger partial charge in [0.1, 0.15) is 11.2 Å². The predicted octanol–water partition coefficient (Wildman–Crippen LogP) is 6.62. The molecule has 0 fully saturated rings. The quantitative estimate of drug-likeness (QED) is 0.358. The minimum Gasteiger partial charge on any atom is -0.456 e. The molecule has 1 aromatic heterocycles. The van der Waals surface area contributed by atoms with Crippen LogP contribution in [0.25, 0.3) is 33.1 Å². The average Bonchev–Trinajstić information content (AvgIpc) is 3.22. The summed E-state index contributed by atoms with van der Waals surface area (Å²) < 4.78 is 5.90. The van der Waals surface area contributed by atoms with Crippen molar-refractivity contribution >= 4 is 27.8 Å². The number of fused-ring (bicyclic) bond motifs is 3. The Morgan fingerprint density at radius 1 is 0.844 bits per heavy atom. The zero-order valence-electron chi connectivity index (χ0n) is 17.5. The van der Waals surface area contributed by atoms with Crippen LogP contribution in [0.15, 0.2) is 95.4 Å². The smallest absolute Gasteiger partial charge is 0.251 e. The number of nitrogens with one attached hydrogen (secondary N) is 1. The highest BCUT2D eigenvalue weighted by Gasteiger charge is 2.14. The molecule has 4 heteroatoms. The molecule has 1 unspecified atom stereocenters. The van der Waals surface area contributed by atoms with E-state index < -0.39 is 0 Å². The van der Waals surface area contributed by atoms with Crippen molar-refractivity contribution in [2.24, 2.45) is 0 Å². The predicted molar refractivity (Wildman–Crippen MR) is 126 cm³/mol. The molecule has 0 saturated carbocycles. The summed E-state index contributed by atoms with van der Waals surface area (Å²) in [5.41, 5.74) is 5.74. The van der Waals surface area contributed by atoms with E-state index in [0.717, 1.165) is 33.0 Å². The lowest BCUT2D eigenvalue weighted by Crippen LogP contribution is -2.26. The zero-order chi connectivity index (χ0) is 22.1. The number of carbonyl (C=O) groups is 1. The first-order valence-electron chi connectivity index (χ1n) is 10.4. The van der Waals surface area contributed by atoms with Gasteiger partial charge in [-0.05, 0) is 60.0 Å². The summed E-state index contributed by atoms with van der Waals surface area (Å²) in [4.78, 5) is 12.9. The number of hydrogen-bond donors (Lipinski definition) is 1. The summed E-state index contributed by atoms with van der Waals surface area (Å²) in [6.07, 6.45) is 0. The van der Waals surface area contributed by atoms with Crippen LogP contribution in [0.2, 0.25) is 0 Å². The molecule has 0 radical (unpaired) electrons. The van der Waals surface area contributed by atoms with Crippen LogP contribution in [0, 0.1) is 11.3 Å². The third-order valence-corrected chi connectivity index (χ3v) is 5.72. The SMILES string of the molecule is CC(NC(=O)c1ccc2c(c1)oc1ccccc12)c1ccc(-c2cccc(C#N)c2)cc1. The van der Waals surface area contributed by atoms with Gasteiger partial charge in [-0.3, -0.25) is 4.79 Å². The molecule has 1 heterocycles. The van der Waals surface area contributed by atoms with Gasteiger partial charge in [-0.15, -0.1) is 0 Å². The highest BCUT2D eigenvalue weighted by atomic mass is 16.3. The van der Waals surface area contributed by atoms with Gasteiger partial charge in [0, 0.05) is 16.3 Å². The number of para-hydroxylation sites is 1. The van der Waals surface area contributed by atoms with Crippen LogP contribution < -0.4 is 5.32 Å². The fourth-order valence-corrected chi connectivity index (χ4v) is 3.96. The summed E-state index contributed by atoms with van der Waals surface area (Å²) >= 11 is 0. The molecule has 1 N–H and O–H groups in total. The fourth-order valence-electron chi connectivity index (χ4n) is 3.96. The molecule has 0 spiro atoms. The second kappa shape index (κ2) is 8.05. The number of carbonyl (C=O) groups excluding carboxylic acids is 1. The van der Waals surface area contributed by atoms with Crippen molar-refractivity contribution in [2.75, 3.05) is 0 Å². The highest BCUT2D eigenvalue weighted by Crippen LogP contribution is 2.29. The van der Waals surface area contributed by atoms with E-state index >= 15 is 0 Å². The lowest BCUT2D eigenvalue weighted by atomic mass is 10.00. The lowest BCUT2D eigenvalue weighted by molar-refractivity contribution is 0.0940. The van der Waals surface area contributed by atoms with E-state index in [0.29, 0.717) is 16.7 Å². The third kappa shape index (κ3) is 3.61. The van der Waals surface area contributed by atoms with Gasteiger partial charge in [0.15, 0.2) is 0 Å². The molecule has 0 aliphatic heterocycles. The number of nitrogens with zero attached hydrogens (tertiary/aromatic N) is 1. The summed E-state index contributed by atoms with van der Waals surface area (Å²) in [5.74, 6) is -0.148. The zero-order valence-corrected chi connectivity index (χ0v) is 17.5. The van der Waals surface area contributed by atoms with E-state index in [1.807, 2.05) is 85.8 Å². The van der Waals surface area contributed by atoms with Crippen LogP contribution in [-0.4, -0.2) is 5.91 Å². The Labute approximate surface area is 185 Å². The average molecular weight is 416 g/mol. The number of nitriles is 1. The van der Waals surface area contributed by atoms with Crippen molar-refractivity contribution < 1.29 is 9.21 Å². The largest absolute Gasteiger partial charge is 0.456 e. The number of furan rings is 1. The number of amides is 1. The van der Waals surface area contributed by atoms with E-state index in [1.54, 1.807) is 12.1 Å². The first-order chi connectivity index (χ1) is 15.6. The molecule has 32 heavy (non-hydrogen) atoms. The summed E-state index contributed by atoms with van der Waals surface area (Å²) in [5, 5.41) is 14.2. The molecule has 5 aromatic rings. The number of rotatable bonds is 4. The van der Waals surface area contributed by atoms with Crippen LogP contribution in [-0.2, 0) is 0 Å². The molecule has 4 nitrogen and oxygen atoms in total. The van der Waals surface area contributed by atoms with Gasteiger partial charge in [-0.25, -0.2) is 0 Å². The van der Waals surface area contributed by atoms with Crippen molar-refractivity contribution in [1.82, 2.24) is 5.32 Å². The second-order valence-electron chi connectivity index (χ2n) is 7.82. The van der Waals surface area contributed by atoms with Crippen molar-refractivity contribution in [1.29, 1.82) is 5.26 Å². The first kappa shape index (κ1) is 19.6. The van der Waals surface area contributed by atoms with Gasteiger partial charge in [0.05, 0.1) is 17.7 Å². The minimum atomic E-state index is -0.159. The molecule has 154 valence electrons. The van der Waals surface area contributed by atoms with Gasteiger partial charge in [0.2, 0.25) is 0 Å². The molecule has 0 aliphatic carbocycles. The van der Waals surface area contributed by atoms with Gasteiger partial charge < -0.3 is 9.73 Å².